The van der Waals surface area contributed by atoms with Crippen LogP contribution in [-0.4, -0.2) is 29.9 Å². The minimum absolute atomic E-state index is 0.0871. The first-order valence-electron chi connectivity index (χ1n) is 9.23. The average molecular weight is 425 g/mol. The summed E-state index contributed by atoms with van der Waals surface area (Å²) in [6.45, 7) is 6.36. The van der Waals surface area contributed by atoms with Crippen molar-refractivity contribution in [3.8, 4) is 0 Å². The number of hydrogen-bond donors (Lipinski definition) is 2. The fourth-order valence-electron chi connectivity index (χ4n) is 2.61. The van der Waals surface area contributed by atoms with E-state index in [0.29, 0.717) is 25.9 Å². The topological polar surface area (TPSA) is 92.3 Å². The molecule has 8 heteroatoms. The maximum absolute atomic E-state index is 12.3. The van der Waals surface area contributed by atoms with Crippen LogP contribution >= 0.6 is 0 Å². The van der Waals surface area contributed by atoms with Gasteiger partial charge in [0, 0.05) is 13.1 Å². The molecule has 0 saturated carbocycles. The number of sulfonamides is 2. The van der Waals surface area contributed by atoms with E-state index in [-0.39, 0.29) is 15.7 Å². The molecule has 0 aromatic heterocycles. The predicted octanol–water partition coefficient (Wildman–Crippen LogP) is 2.98. The Balaban J connectivity index is 1.76. The zero-order chi connectivity index (χ0) is 20.8. The Hall–Kier alpha value is -1.74. The molecule has 0 saturated heterocycles. The van der Waals surface area contributed by atoms with Crippen molar-refractivity contribution in [1.82, 2.24) is 9.44 Å². The van der Waals surface area contributed by atoms with Crippen molar-refractivity contribution in [3.63, 3.8) is 0 Å². The molecule has 2 aromatic carbocycles. The summed E-state index contributed by atoms with van der Waals surface area (Å²) in [4.78, 5) is 0.494. The van der Waals surface area contributed by atoms with Crippen LogP contribution in [0.1, 0.15) is 30.9 Å². The van der Waals surface area contributed by atoms with Gasteiger partial charge in [0.25, 0.3) is 0 Å². The SMILES string of the molecule is Cc1ccc(S(=O)(=O)NCCC[C@H](C)CNS(=O)(=O)c2ccc(C)cc2)cc1. The Morgan fingerprint density at radius 2 is 1.18 bits per heavy atom. The van der Waals surface area contributed by atoms with Crippen LogP contribution in [0.4, 0.5) is 0 Å². The maximum Gasteiger partial charge on any atom is 0.240 e. The molecule has 0 radical (unpaired) electrons. The van der Waals surface area contributed by atoms with E-state index in [1.807, 2.05) is 20.8 Å². The minimum atomic E-state index is -3.53. The molecule has 28 heavy (non-hydrogen) atoms. The van der Waals surface area contributed by atoms with Crippen molar-refractivity contribution in [1.29, 1.82) is 0 Å². The van der Waals surface area contributed by atoms with Crippen molar-refractivity contribution in [3.05, 3.63) is 59.7 Å². The average Bonchev–Trinajstić information content (AvgIpc) is 2.64. The predicted molar refractivity (Wildman–Crippen MR) is 111 cm³/mol. The van der Waals surface area contributed by atoms with Gasteiger partial charge in [-0.15, -0.1) is 0 Å². The Kier molecular flexibility index (Phi) is 7.77. The van der Waals surface area contributed by atoms with Crippen molar-refractivity contribution in [2.24, 2.45) is 5.92 Å². The Morgan fingerprint density at radius 3 is 1.64 bits per heavy atom. The zero-order valence-electron chi connectivity index (χ0n) is 16.5. The fourth-order valence-corrected chi connectivity index (χ4v) is 4.85. The molecule has 0 aliphatic heterocycles. The van der Waals surface area contributed by atoms with E-state index >= 15 is 0 Å². The highest BCUT2D eigenvalue weighted by molar-refractivity contribution is 7.89. The molecule has 0 heterocycles. The van der Waals surface area contributed by atoms with Gasteiger partial charge in [-0.3, -0.25) is 0 Å². The molecule has 6 nitrogen and oxygen atoms in total. The van der Waals surface area contributed by atoms with Gasteiger partial charge in [0.15, 0.2) is 0 Å². The molecule has 2 rings (SSSR count). The van der Waals surface area contributed by atoms with Gasteiger partial charge in [-0.2, -0.15) is 0 Å². The summed E-state index contributed by atoms with van der Waals surface area (Å²) in [6, 6.07) is 13.4. The van der Waals surface area contributed by atoms with Gasteiger partial charge >= 0.3 is 0 Å². The molecule has 1 atom stereocenters. The summed E-state index contributed by atoms with van der Waals surface area (Å²) in [5, 5.41) is 0. The molecule has 0 fully saturated rings. The highest BCUT2D eigenvalue weighted by Crippen LogP contribution is 2.12. The normalized spacial score (nSPS) is 13.4. The van der Waals surface area contributed by atoms with Gasteiger partial charge in [0.1, 0.15) is 0 Å². The molecule has 0 aliphatic rings. The van der Waals surface area contributed by atoms with Crippen molar-refractivity contribution in [2.75, 3.05) is 13.1 Å². The molecule has 0 spiro atoms. The van der Waals surface area contributed by atoms with Gasteiger partial charge in [-0.05, 0) is 56.9 Å². The highest BCUT2D eigenvalue weighted by Gasteiger charge is 2.16. The molecule has 0 bridgehead atoms. The van der Waals surface area contributed by atoms with Crippen LogP contribution in [-0.2, 0) is 20.0 Å². The summed E-state index contributed by atoms with van der Waals surface area (Å²) in [5.41, 5.74) is 2.00. The summed E-state index contributed by atoms with van der Waals surface area (Å²) in [5.74, 6) is 0.0871. The standard InChI is InChI=1S/C20H28N2O4S2/c1-16-6-10-19(11-7-16)27(23,24)21-14-4-5-18(3)15-22-28(25,26)20-12-8-17(2)9-13-20/h6-13,18,21-22H,4-5,14-15H2,1-3H3/t18-/m0/s1. The summed E-state index contributed by atoms with van der Waals surface area (Å²) in [6.07, 6.45) is 1.32. The van der Waals surface area contributed by atoms with Gasteiger partial charge in [0.2, 0.25) is 20.0 Å². The van der Waals surface area contributed by atoms with Crippen molar-refractivity contribution >= 4 is 20.0 Å². The lowest BCUT2D eigenvalue weighted by Crippen LogP contribution is -2.29. The summed E-state index contributed by atoms with van der Waals surface area (Å²) < 4.78 is 54.2. The number of nitrogens with one attached hydrogen (secondary N) is 2. The Bertz CT molecular complexity index is 968. The first kappa shape index (κ1) is 22.5. The van der Waals surface area contributed by atoms with E-state index in [1.54, 1.807) is 48.5 Å². The molecule has 0 unspecified atom stereocenters. The van der Waals surface area contributed by atoms with Crippen LogP contribution in [0.5, 0.6) is 0 Å². The van der Waals surface area contributed by atoms with Gasteiger partial charge in [-0.1, -0.05) is 42.3 Å². The lowest BCUT2D eigenvalue weighted by atomic mass is 10.1. The maximum atomic E-state index is 12.3. The number of benzene rings is 2. The second-order valence-corrected chi connectivity index (χ2v) is 10.7. The summed E-state index contributed by atoms with van der Waals surface area (Å²) >= 11 is 0. The van der Waals surface area contributed by atoms with Crippen LogP contribution in [0.25, 0.3) is 0 Å². The number of hydrogen-bond acceptors (Lipinski definition) is 4. The van der Waals surface area contributed by atoms with Gasteiger partial charge in [-0.25, -0.2) is 26.3 Å². The van der Waals surface area contributed by atoms with Crippen molar-refractivity contribution < 1.29 is 16.8 Å². The fraction of sp³-hybridized carbons (Fsp3) is 0.400. The second kappa shape index (κ2) is 9.65. The molecular formula is C20H28N2O4S2. The van der Waals surface area contributed by atoms with E-state index in [2.05, 4.69) is 9.44 Å². The zero-order valence-corrected chi connectivity index (χ0v) is 18.1. The summed E-state index contributed by atoms with van der Waals surface area (Å²) in [7, 11) is -7.04. The van der Waals surface area contributed by atoms with E-state index in [0.717, 1.165) is 11.1 Å². The molecule has 2 aromatic rings. The van der Waals surface area contributed by atoms with Gasteiger partial charge in [0.05, 0.1) is 9.79 Å². The minimum Gasteiger partial charge on any atom is -0.211 e. The third-order valence-electron chi connectivity index (χ3n) is 4.45. The smallest absolute Gasteiger partial charge is 0.211 e. The second-order valence-electron chi connectivity index (χ2n) is 7.12. The van der Waals surface area contributed by atoms with E-state index in [9.17, 15) is 16.8 Å². The van der Waals surface area contributed by atoms with E-state index in [4.69, 9.17) is 0 Å². The third-order valence-corrected chi connectivity index (χ3v) is 7.37. The van der Waals surface area contributed by atoms with Crippen molar-refractivity contribution in [2.45, 2.75) is 43.4 Å². The Morgan fingerprint density at radius 1 is 0.750 bits per heavy atom. The molecule has 0 aliphatic carbocycles. The first-order chi connectivity index (χ1) is 13.1. The lowest BCUT2D eigenvalue weighted by Gasteiger charge is -2.13. The first-order valence-corrected chi connectivity index (χ1v) is 12.2. The highest BCUT2D eigenvalue weighted by atomic mass is 32.2. The monoisotopic (exact) mass is 424 g/mol. The quantitative estimate of drug-likeness (QED) is 0.574. The largest absolute Gasteiger partial charge is 0.240 e. The molecule has 0 amide bonds. The van der Waals surface area contributed by atoms with Gasteiger partial charge < -0.3 is 0 Å². The lowest BCUT2D eigenvalue weighted by molar-refractivity contribution is 0.491. The van der Waals surface area contributed by atoms with Crippen LogP contribution in [0.3, 0.4) is 0 Å². The number of rotatable bonds is 10. The molecule has 2 N–H and O–H groups in total. The van der Waals surface area contributed by atoms with Crippen LogP contribution in [0, 0.1) is 19.8 Å². The third kappa shape index (κ3) is 6.70. The van der Waals surface area contributed by atoms with Crippen LogP contribution < -0.4 is 9.44 Å². The molecular weight excluding hydrogens is 396 g/mol. The van der Waals surface area contributed by atoms with Crippen LogP contribution in [0.15, 0.2) is 58.3 Å². The van der Waals surface area contributed by atoms with Crippen LogP contribution in [0.2, 0.25) is 0 Å². The Labute approximate surface area is 168 Å². The van der Waals surface area contributed by atoms with E-state index in [1.165, 1.54) is 0 Å². The van der Waals surface area contributed by atoms with E-state index < -0.39 is 20.0 Å². The molecule has 154 valence electrons. The number of aryl methyl sites for hydroxylation is 2.